The normalized spacial score (nSPS) is 26.3. The summed E-state index contributed by atoms with van der Waals surface area (Å²) in [4.78, 5) is 34.1. The number of aromatic nitrogens is 3. The minimum absolute atomic E-state index is 0.228. The maximum absolute atomic E-state index is 13.2. The van der Waals surface area contributed by atoms with Crippen LogP contribution in [0.1, 0.15) is 78.2 Å². The van der Waals surface area contributed by atoms with Gasteiger partial charge in [-0.15, -0.1) is 0 Å². The summed E-state index contributed by atoms with van der Waals surface area (Å²) in [5.41, 5.74) is 1.44. The minimum Gasteiger partial charge on any atom is -0.444 e. The van der Waals surface area contributed by atoms with Gasteiger partial charge in [0.25, 0.3) is 0 Å². The number of anilines is 2. The highest BCUT2D eigenvalue weighted by Gasteiger charge is 2.45. The zero-order chi connectivity index (χ0) is 30.3. The lowest BCUT2D eigenvalue weighted by Gasteiger charge is -2.38. The Labute approximate surface area is 253 Å². The second-order valence-electron chi connectivity index (χ2n) is 13.9. The van der Waals surface area contributed by atoms with Crippen molar-refractivity contribution in [3.8, 4) is 0 Å². The topological polar surface area (TPSA) is 123 Å². The van der Waals surface area contributed by atoms with Crippen molar-refractivity contribution in [2.75, 3.05) is 50.0 Å². The summed E-state index contributed by atoms with van der Waals surface area (Å²) in [6, 6.07) is 2.64. The van der Waals surface area contributed by atoms with Crippen LogP contribution >= 0.6 is 0 Å². The molecule has 2 N–H and O–H groups in total. The van der Waals surface area contributed by atoms with Crippen molar-refractivity contribution in [2.24, 2.45) is 11.8 Å². The molecule has 4 fully saturated rings. The molecule has 236 valence electrons. The molecule has 43 heavy (non-hydrogen) atoms. The number of ether oxygens (including phenoxy) is 3. The number of rotatable bonds is 6. The first-order chi connectivity index (χ1) is 20.5. The highest BCUT2D eigenvalue weighted by Crippen LogP contribution is 2.39. The number of hydrogen-bond acceptors (Lipinski definition) is 9. The van der Waals surface area contributed by atoms with Crippen LogP contribution in [0.25, 0.3) is 5.65 Å². The van der Waals surface area contributed by atoms with E-state index in [-0.39, 0.29) is 24.3 Å². The van der Waals surface area contributed by atoms with Crippen molar-refractivity contribution in [1.82, 2.24) is 24.4 Å². The number of piperidine rings is 1. The second kappa shape index (κ2) is 12.0. The summed E-state index contributed by atoms with van der Waals surface area (Å²) in [6.45, 7) is 13.6. The molecule has 12 nitrogen and oxygen atoms in total. The Morgan fingerprint density at radius 2 is 1.70 bits per heavy atom. The standard InChI is InChI=1S/C31H47N7O5/c1-19(2)24-15-32-38-26(14-25(34-28(24)38)33-22-9-12-41-13-10-22)35-27-20-6-7-21(27)17-37(16-20)29(39)42-23-8-11-36(18-23)30(40)43-31(3,4)5/h14-15,19-23,27,35H,6-13,16-18H2,1-5H3,(H,33,34). The molecule has 4 aliphatic rings. The molecule has 3 unspecified atom stereocenters. The maximum Gasteiger partial charge on any atom is 0.410 e. The van der Waals surface area contributed by atoms with Gasteiger partial charge in [0, 0.05) is 63.0 Å². The van der Waals surface area contributed by atoms with Crippen molar-refractivity contribution < 1.29 is 23.8 Å². The van der Waals surface area contributed by atoms with Gasteiger partial charge in [-0.25, -0.2) is 14.6 Å². The Bertz CT molecular complexity index is 1300. The summed E-state index contributed by atoms with van der Waals surface area (Å²) in [5.74, 6) is 2.71. The first kappa shape index (κ1) is 29.8. The molecule has 0 spiro atoms. The number of fused-ring (bicyclic) bond motifs is 3. The molecule has 2 aromatic rings. The quantitative estimate of drug-likeness (QED) is 0.487. The molecule has 0 aromatic carbocycles. The fourth-order valence-corrected chi connectivity index (χ4v) is 6.93. The predicted molar refractivity (Wildman–Crippen MR) is 162 cm³/mol. The van der Waals surface area contributed by atoms with Crippen LogP contribution in [0.2, 0.25) is 0 Å². The fourth-order valence-electron chi connectivity index (χ4n) is 6.93. The Kier molecular flexibility index (Phi) is 8.32. The fraction of sp³-hybridized carbons (Fsp3) is 0.742. The zero-order valence-electron chi connectivity index (χ0n) is 26.2. The van der Waals surface area contributed by atoms with Gasteiger partial charge in [0.1, 0.15) is 23.3 Å². The molecular formula is C31H47N7O5. The first-order valence-electron chi connectivity index (χ1n) is 16.0. The number of likely N-dealkylation sites (tertiary alicyclic amines) is 2. The summed E-state index contributed by atoms with van der Waals surface area (Å²) >= 11 is 0. The van der Waals surface area contributed by atoms with Crippen LogP contribution < -0.4 is 10.6 Å². The molecule has 1 aliphatic carbocycles. The molecule has 3 atom stereocenters. The third kappa shape index (κ3) is 6.63. The predicted octanol–water partition coefficient (Wildman–Crippen LogP) is 4.71. The molecule has 1 saturated carbocycles. The summed E-state index contributed by atoms with van der Waals surface area (Å²) in [5, 5.41) is 12.2. The van der Waals surface area contributed by atoms with Crippen LogP contribution in [-0.4, -0.2) is 99.8 Å². The van der Waals surface area contributed by atoms with Crippen LogP contribution in [0.15, 0.2) is 12.3 Å². The highest BCUT2D eigenvalue weighted by molar-refractivity contribution is 5.70. The van der Waals surface area contributed by atoms with Crippen molar-refractivity contribution in [3.63, 3.8) is 0 Å². The van der Waals surface area contributed by atoms with Crippen molar-refractivity contribution in [2.45, 2.75) is 96.4 Å². The molecule has 0 radical (unpaired) electrons. The van der Waals surface area contributed by atoms with Gasteiger partial charge in [-0.05, 0) is 64.2 Å². The molecule has 2 amide bonds. The maximum atomic E-state index is 13.2. The van der Waals surface area contributed by atoms with E-state index >= 15 is 0 Å². The Morgan fingerprint density at radius 3 is 2.37 bits per heavy atom. The van der Waals surface area contributed by atoms with Crippen LogP contribution in [0, 0.1) is 11.8 Å². The third-order valence-corrected chi connectivity index (χ3v) is 9.17. The summed E-state index contributed by atoms with van der Waals surface area (Å²) < 4.78 is 18.9. The van der Waals surface area contributed by atoms with Crippen LogP contribution in [0.5, 0.6) is 0 Å². The SMILES string of the molecule is CC(C)c1cnn2c(NC3C4CCC3CN(C(=O)OC3CCN(C(=O)OC(C)(C)C)C3)C4)cc(NC3CCOCC3)nc12. The van der Waals surface area contributed by atoms with Gasteiger partial charge in [-0.1, -0.05) is 13.8 Å². The molecule has 2 aromatic heterocycles. The van der Waals surface area contributed by atoms with Crippen molar-refractivity contribution in [1.29, 1.82) is 0 Å². The Balaban J connectivity index is 1.11. The third-order valence-electron chi connectivity index (χ3n) is 9.17. The molecular weight excluding hydrogens is 550 g/mol. The van der Waals surface area contributed by atoms with Crippen molar-refractivity contribution >= 4 is 29.5 Å². The number of carbonyl (C=O) groups excluding carboxylic acids is 2. The minimum atomic E-state index is -0.553. The molecule has 5 heterocycles. The van der Waals surface area contributed by atoms with E-state index in [1.54, 1.807) is 4.90 Å². The van der Waals surface area contributed by atoms with Gasteiger partial charge in [0.2, 0.25) is 0 Å². The van der Waals surface area contributed by atoms with Gasteiger partial charge < -0.3 is 34.6 Å². The van der Waals surface area contributed by atoms with Gasteiger partial charge in [-0.2, -0.15) is 9.61 Å². The largest absolute Gasteiger partial charge is 0.444 e. The number of nitrogens with one attached hydrogen (secondary N) is 2. The number of hydrogen-bond donors (Lipinski definition) is 2. The smallest absolute Gasteiger partial charge is 0.410 e. The van der Waals surface area contributed by atoms with Crippen molar-refractivity contribution in [3.05, 3.63) is 17.8 Å². The van der Waals surface area contributed by atoms with E-state index in [9.17, 15) is 9.59 Å². The van der Waals surface area contributed by atoms with Gasteiger partial charge in [0.05, 0.1) is 12.7 Å². The Morgan fingerprint density at radius 1 is 0.977 bits per heavy atom. The van der Waals surface area contributed by atoms with E-state index in [1.807, 2.05) is 36.4 Å². The second-order valence-corrected chi connectivity index (χ2v) is 13.9. The lowest BCUT2D eigenvalue weighted by atomic mass is 9.92. The van der Waals surface area contributed by atoms with Gasteiger partial charge in [-0.3, -0.25) is 0 Å². The van der Waals surface area contributed by atoms with E-state index in [1.165, 1.54) is 0 Å². The molecule has 12 heteroatoms. The van der Waals surface area contributed by atoms with E-state index in [0.717, 1.165) is 61.7 Å². The van der Waals surface area contributed by atoms with E-state index in [4.69, 9.17) is 24.3 Å². The molecule has 3 aliphatic heterocycles. The number of nitrogens with zero attached hydrogens (tertiary/aromatic N) is 5. The monoisotopic (exact) mass is 597 g/mol. The van der Waals surface area contributed by atoms with Gasteiger partial charge in [0.15, 0.2) is 5.65 Å². The first-order valence-corrected chi connectivity index (χ1v) is 16.0. The summed E-state index contributed by atoms with van der Waals surface area (Å²) in [6.07, 6.45) is 5.64. The lowest BCUT2D eigenvalue weighted by Crippen LogP contribution is -2.51. The molecule has 6 rings (SSSR count). The van der Waals surface area contributed by atoms with E-state index in [0.29, 0.717) is 56.4 Å². The van der Waals surface area contributed by atoms with E-state index in [2.05, 4.69) is 30.5 Å². The Hall–Kier alpha value is -3.28. The highest BCUT2D eigenvalue weighted by atomic mass is 16.6. The molecule has 2 bridgehead atoms. The van der Waals surface area contributed by atoms with Crippen LogP contribution in [0.3, 0.4) is 0 Å². The van der Waals surface area contributed by atoms with Crippen LogP contribution in [0.4, 0.5) is 21.2 Å². The summed E-state index contributed by atoms with van der Waals surface area (Å²) in [7, 11) is 0. The van der Waals surface area contributed by atoms with Crippen LogP contribution in [-0.2, 0) is 14.2 Å². The molecule has 3 saturated heterocycles. The van der Waals surface area contributed by atoms with Gasteiger partial charge >= 0.3 is 12.2 Å². The average Bonchev–Trinajstić information content (AvgIpc) is 3.64. The number of carbonyl (C=O) groups is 2. The van der Waals surface area contributed by atoms with E-state index < -0.39 is 5.60 Å². The number of amides is 2. The lowest BCUT2D eigenvalue weighted by molar-refractivity contribution is 0.0223. The zero-order valence-corrected chi connectivity index (χ0v) is 26.2. The average molecular weight is 598 g/mol.